The fraction of sp³-hybridized carbons (Fsp3) is 0.462. The number of urea groups is 1. The Balaban J connectivity index is 1.50. The lowest BCUT2D eigenvalue weighted by Gasteiger charge is -2.42. The average Bonchev–Trinajstić information content (AvgIpc) is 2.99. The summed E-state index contributed by atoms with van der Waals surface area (Å²) in [5, 5.41) is 9.64. The maximum atomic E-state index is 13.6. The van der Waals surface area contributed by atoms with Gasteiger partial charge in [-0.05, 0) is 55.5 Å². The minimum Gasteiger partial charge on any atom is -0.497 e. The van der Waals surface area contributed by atoms with E-state index >= 15 is 0 Å². The first-order chi connectivity index (χ1) is 15.9. The third-order valence-electron chi connectivity index (χ3n) is 7.00. The van der Waals surface area contributed by atoms with Crippen LogP contribution in [0, 0.1) is 13.8 Å². The van der Waals surface area contributed by atoms with Crippen molar-refractivity contribution in [3.63, 3.8) is 0 Å². The van der Waals surface area contributed by atoms with Crippen molar-refractivity contribution in [1.82, 2.24) is 14.7 Å². The topological polar surface area (TPSA) is 73.3 Å². The lowest BCUT2D eigenvalue weighted by atomic mass is 9.85. The molecule has 0 aliphatic carbocycles. The van der Waals surface area contributed by atoms with Crippen LogP contribution < -0.4 is 4.74 Å². The molecular weight excluding hydrogens is 418 g/mol. The molecule has 7 heteroatoms. The first kappa shape index (κ1) is 23.3. The van der Waals surface area contributed by atoms with Crippen molar-refractivity contribution in [3.05, 3.63) is 64.7 Å². The van der Waals surface area contributed by atoms with E-state index in [4.69, 9.17) is 4.74 Å². The van der Waals surface area contributed by atoms with Crippen molar-refractivity contribution < 1.29 is 19.4 Å². The first-order valence-electron chi connectivity index (χ1n) is 11.5. The van der Waals surface area contributed by atoms with Crippen LogP contribution in [0.1, 0.15) is 35.1 Å². The van der Waals surface area contributed by atoms with E-state index in [1.807, 2.05) is 24.3 Å². The number of carbonyl (C=O) groups excluding carboxylic acids is 2. The van der Waals surface area contributed by atoms with Crippen LogP contribution in [0.5, 0.6) is 5.75 Å². The molecule has 7 nitrogen and oxygen atoms in total. The SMILES string of the molecule is COc1cccc(CN2C(=O)N(CCO)C3(CCN(Cc4ccc(C)cc4C)CC3)C2=O)c1. The number of imide groups is 1. The highest BCUT2D eigenvalue weighted by Gasteiger charge is 2.57. The highest BCUT2D eigenvalue weighted by atomic mass is 16.5. The van der Waals surface area contributed by atoms with E-state index in [0.717, 1.165) is 25.2 Å². The average molecular weight is 452 g/mol. The predicted molar refractivity (Wildman–Crippen MR) is 126 cm³/mol. The molecule has 2 heterocycles. The molecule has 3 amide bonds. The number of rotatable bonds is 7. The lowest BCUT2D eigenvalue weighted by Crippen LogP contribution is -2.57. The summed E-state index contributed by atoms with van der Waals surface area (Å²) in [7, 11) is 1.59. The first-order valence-corrected chi connectivity index (χ1v) is 11.5. The van der Waals surface area contributed by atoms with Gasteiger partial charge < -0.3 is 14.7 Å². The fourth-order valence-corrected chi connectivity index (χ4v) is 5.11. The predicted octanol–water partition coefficient (Wildman–Crippen LogP) is 3.10. The third kappa shape index (κ3) is 4.48. The minimum absolute atomic E-state index is 0.157. The molecule has 1 N–H and O–H groups in total. The Morgan fingerprint density at radius 3 is 2.45 bits per heavy atom. The molecule has 0 bridgehead atoms. The van der Waals surface area contributed by atoms with Crippen LogP contribution in [-0.2, 0) is 17.9 Å². The largest absolute Gasteiger partial charge is 0.497 e. The van der Waals surface area contributed by atoms with Crippen LogP contribution in [0.15, 0.2) is 42.5 Å². The molecule has 0 aromatic heterocycles. The van der Waals surface area contributed by atoms with E-state index in [0.29, 0.717) is 18.6 Å². The number of likely N-dealkylation sites (tertiary alicyclic amines) is 1. The second-order valence-corrected chi connectivity index (χ2v) is 9.14. The van der Waals surface area contributed by atoms with Gasteiger partial charge in [0.1, 0.15) is 11.3 Å². The number of hydrogen-bond donors (Lipinski definition) is 1. The second kappa shape index (κ2) is 9.53. The summed E-state index contributed by atoms with van der Waals surface area (Å²) >= 11 is 0. The van der Waals surface area contributed by atoms with Crippen molar-refractivity contribution in [2.75, 3.05) is 33.4 Å². The summed E-state index contributed by atoms with van der Waals surface area (Å²) in [5.74, 6) is 0.531. The van der Waals surface area contributed by atoms with Gasteiger partial charge in [0, 0.05) is 26.2 Å². The van der Waals surface area contributed by atoms with E-state index < -0.39 is 5.54 Å². The summed E-state index contributed by atoms with van der Waals surface area (Å²) in [6.45, 7) is 6.70. The number of ether oxygens (including phenoxy) is 1. The molecule has 2 fully saturated rings. The molecule has 0 unspecified atom stereocenters. The van der Waals surface area contributed by atoms with Crippen molar-refractivity contribution in [2.45, 2.75) is 45.3 Å². The molecule has 2 aromatic carbocycles. The van der Waals surface area contributed by atoms with Crippen LogP contribution in [0.3, 0.4) is 0 Å². The van der Waals surface area contributed by atoms with E-state index in [1.54, 1.807) is 12.0 Å². The zero-order valence-electron chi connectivity index (χ0n) is 19.7. The lowest BCUT2D eigenvalue weighted by molar-refractivity contribution is -0.136. The molecule has 2 aromatic rings. The van der Waals surface area contributed by atoms with Crippen molar-refractivity contribution >= 4 is 11.9 Å². The van der Waals surface area contributed by atoms with Gasteiger partial charge in [-0.15, -0.1) is 0 Å². The van der Waals surface area contributed by atoms with Crippen LogP contribution in [0.25, 0.3) is 0 Å². The molecule has 1 spiro atoms. The molecule has 0 radical (unpaired) electrons. The number of benzene rings is 2. The Labute approximate surface area is 195 Å². The number of nitrogens with zero attached hydrogens (tertiary/aromatic N) is 3. The smallest absolute Gasteiger partial charge is 0.328 e. The molecule has 2 aliphatic heterocycles. The number of hydrogen-bond acceptors (Lipinski definition) is 5. The number of aliphatic hydroxyl groups excluding tert-OH is 1. The number of methoxy groups -OCH3 is 1. The van der Waals surface area contributed by atoms with Gasteiger partial charge in [0.15, 0.2) is 0 Å². The zero-order valence-corrected chi connectivity index (χ0v) is 19.7. The zero-order chi connectivity index (χ0) is 23.6. The fourth-order valence-electron chi connectivity index (χ4n) is 5.11. The van der Waals surface area contributed by atoms with Crippen LogP contribution in [0.4, 0.5) is 4.79 Å². The molecule has 2 aliphatic rings. The van der Waals surface area contributed by atoms with Crippen molar-refractivity contribution in [1.29, 1.82) is 0 Å². The Bertz CT molecular complexity index is 1030. The standard InChI is InChI=1S/C26H33N3O4/c1-19-7-8-22(20(2)15-19)18-27-11-9-26(10-12-27)24(31)28(25(32)29(26)13-14-30)17-21-5-4-6-23(16-21)33-3/h4-8,15-16,30H,9-14,17-18H2,1-3H3. The van der Waals surface area contributed by atoms with E-state index in [-0.39, 0.29) is 31.6 Å². The maximum Gasteiger partial charge on any atom is 0.328 e. The quantitative estimate of drug-likeness (QED) is 0.655. The number of piperidine rings is 1. The highest BCUT2D eigenvalue weighted by molar-refractivity contribution is 6.07. The third-order valence-corrected chi connectivity index (χ3v) is 7.00. The number of aryl methyl sites for hydroxylation is 2. The van der Waals surface area contributed by atoms with Gasteiger partial charge in [-0.1, -0.05) is 35.9 Å². The second-order valence-electron chi connectivity index (χ2n) is 9.14. The summed E-state index contributed by atoms with van der Waals surface area (Å²) in [5.41, 5.74) is 3.77. The van der Waals surface area contributed by atoms with Gasteiger partial charge in [0.25, 0.3) is 5.91 Å². The number of carbonyl (C=O) groups is 2. The number of amides is 3. The Kier molecular flexibility index (Phi) is 6.72. The normalized spacial score (nSPS) is 18.4. The minimum atomic E-state index is -0.877. The highest BCUT2D eigenvalue weighted by Crippen LogP contribution is 2.38. The number of β-amino-alcohol motifs (C(OH)–C–C–N with tert-alkyl or cyclic N) is 1. The van der Waals surface area contributed by atoms with Crippen LogP contribution in [-0.4, -0.2) is 70.6 Å². The van der Waals surface area contributed by atoms with Crippen molar-refractivity contribution in [2.24, 2.45) is 0 Å². The van der Waals surface area contributed by atoms with Gasteiger partial charge in [-0.2, -0.15) is 0 Å². The van der Waals surface area contributed by atoms with E-state index in [9.17, 15) is 14.7 Å². The van der Waals surface area contributed by atoms with E-state index in [2.05, 4.69) is 36.9 Å². The summed E-state index contributed by atoms with van der Waals surface area (Å²) in [6.07, 6.45) is 1.13. The Morgan fingerprint density at radius 1 is 1.03 bits per heavy atom. The van der Waals surface area contributed by atoms with Gasteiger partial charge >= 0.3 is 6.03 Å². The van der Waals surface area contributed by atoms with Gasteiger partial charge in [0.2, 0.25) is 0 Å². The van der Waals surface area contributed by atoms with Gasteiger partial charge in [-0.3, -0.25) is 14.6 Å². The van der Waals surface area contributed by atoms with E-state index in [1.165, 1.54) is 21.6 Å². The monoisotopic (exact) mass is 451 g/mol. The van der Waals surface area contributed by atoms with Crippen molar-refractivity contribution in [3.8, 4) is 5.75 Å². The molecule has 0 saturated carbocycles. The molecule has 4 rings (SSSR count). The van der Waals surface area contributed by atoms with Crippen LogP contribution in [0.2, 0.25) is 0 Å². The maximum absolute atomic E-state index is 13.6. The van der Waals surface area contributed by atoms with Crippen LogP contribution >= 0.6 is 0 Å². The number of aliphatic hydroxyl groups is 1. The Morgan fingerprint density at radius 2 is 1.79 bits per heavy atom. The molecule has 176 valence electrons. The Hall–Kier alpha value is -2.90. The molecule has 33 heavy (non-hydrogen) atoms. The molecule has 2 saturated heterocycles. The van der Waals surface area contributed by atoms with Gasteiger partial charge in [-0.25, -0.2) is 4.79 Å². The summed E-state index contributed by atoms with van der Waals surface area (Å²) in [6, 6.07) is 13.6. The summed E-state index contributed by atoms with van der Waals surface area (Å²) < 4.78 is 5.28. The molecule has 0 atom stereocenters. The van der Waals surface area contributed by atoms with Gasteiger partial charge in [0.05, 0.1) is 20.3 Å². The summed E-state index contributed by atoms with van der Waals surface area (Å²) in [4.78, 5) is 32.2. The molecular formula is C26H33N3O4.